The summed E-state index contributed by atoms with van der Waals surface area (Å²) in [5, 5.41) is 6.38. The minimum atomic E-state index is -1.04. The summed E-state index contributed by atoms with van der Waals surface area (Å²) in [5.41, 5.74) is 2.54. The van der Waals surface area contributed by atoms with Gasteiger partial charge in [0.2, 0.25) is 6.23 Å². The van der Waals surface area contributed by atoms with Crippen molar-refractivity contribution in [3.05, 3.63) is 95.1 Å². The van der Waals surface area contributed by atoms with Gasteiger partial charge >= 0.3 is 0 Å². The van der Waals surface area contributed by atoms with Crippen molar-refractivity contribution in [2.75, 3.05) is 7.11 Å². The zero-order valence-corrected chi connectivity index (χ0v) is 15.7. The zero-order chi connectivity index (χ0) is 20.0. The van der Waals surface area contributed by atoms with Gasteiger partial charge in [-0.25, -0.2) is 13.8 Å². The number of halogens is 2. The van der Waals surface area contributed by atoms with Crippen LogP contribution in [0.3, 0.4) is 0 Å². The van der Waals surface area contributed by atoms with Gasteiger partial charge in [-0.1, -0.05) is 48.5 Å². The van der Waals surface area contributed by atoms with E-state index in [0.717, 1.165) is 16.8 Å². The van der Waals surface area contributed by atoms with Gasteiger partial charge < -0.3 is 9.47 Å². The molecule has 2 aliphatic heterocycles. The first-order valence-corrected chi connectivity index (χ1v) is 9.36. The van der Waals surface area contributed by atoms with Gasteiger partial charge in [0.1, 0.15) is 11.6 Å². The predicted molar refractivity (Wildman–Crippen MR) is 105 cm³/mol. The molecule has 29 heavy (non-hydrogen) atoms. The van der Waals surface area contributed by atoms with E-state index in [9.17, 15) is 8.78 Å². The lowest BCUT2D eigenvalue weighted by Gasteiger charge is -2.38. The zero-order valence-electron chi connectivity index (χ0n) is 15.7. The number of hydrazone groups is 1. The number of benzene rings is 3. The van der Waals surface area contributed by atoms with Crippen LogP contribution >= 0.6 is 0 Å². The van der Waals surface area contributed by atoms with Crippen LogP contribution in [0.5, 0.6) is 11.5 Å². The van der Waals surface area contributed by atoms with Crippen LogP contribution in [0.4, 0.5) is 8.78 Å². The second-order valence-corrected chi connectivity index (χ2v) is 7.00. The minimum Gasteiger partial charge on any atom is -0.493 e. The Kier molecular flexibility index (Phi) is 4.19. The fraction of sp³-hybridized carbons (Fsp3) is 0.174. The first-order chi connectivity index (χ1) is 14.2. The van der Waals surface area contributed by atoms with Gasteiger partial charge in [0, 0.05) is 12.0 Å². The molecule has 5 rings (SSSR count). The first-order valence-electron chi connectivity index (χ1n) is 9.36. The van der Waals surface area contributed by atoms with E-state index < -0.39 is 17.9 Å². The summed E-state index contributed by atoms with van der Waals surface area (Å²) in [5.74, 6) is -0.323. The standard InChI is InChI=1S/C23H18F2N2O2/c1-28-20-12-5-9-15-19-13-18(14-7-3-2-4-8-14)26-27(19)23(29-22(15)20)21-16(24)10-6-11-17(21)25/h2-12,19,23H,13H2,1H3/t19-,23-/m1/s1. The first kappa shape index (κ1) is 17.7. The summed E-state index contributed by atoms with van der Waals surface area (Å²) in [6, 6.07) is 18.9. The van der Waals surface area contributed by atoms with Crippen LogP contribution in [0.1, 0.15) is 35.4 Å². The van der Waals surface area contributed by atoms with Crippen molar-refractivity contribution in [3.8, 4) is 11.5 Å². The fourth-order valence-corrected chi connectivity index (χ4v) is 3.99. The molecule has 0 radical (unpaired) electrons. The third-order valence-electron chi connectivity index (χ3n) is 5.35. The van der Waals surface area contributed by atoms with E-state index in [2.05, 4.69) is 0 Å². The molecule has 0 aromatic heterocycles. The van der Waals surface area contributed by atoms with E-state index in [1.165, 1.54) is 18.2 Å². The molecule has 0 fully saturated rings. The summed E-state index contributed by atoms with van der Waals surface area (Å²) in [6.45, 7) is 0. The van der Waals surface area contributed by atoms with Crippen molar-refractivity contribution in [3.63, 3.8) is 0 Å². The maximum absolute atomic E-state index is 14.6. The fourth-order valence-electron chi connectivity index (χ4n) is 3.99. The van der Waals surface area contributed by atoms with Crippen LogP contribution < -0.4 is 9.47 Å². The van der Waals surface area contributed by atoms with Gasteiger partial charge in [-0.3, -0.25) is 0 Å². The summed E-state index contributed by atoms with van der Waals surface area (Å²) < 4.78 is 40.9. The van der Waals surface area contributed by atoms with Gasteiger partial charge in [0.25, 0.3) is 0 Å². The Bertz CT molecular complexity index is 1080. The van der Waals surface area contributed by atoms with E-state index in [0.29, 0.717) is 17.9 Å². The molecule has 2 atom stereocenters. The lowest BCUT2D eigenvalue weighted by Crippen LogP contribution is -2.35. The molecule has 0 bridgehead atoms. The van der Waals surface area contributed by atoms with Crippen LogP contribution in [-0.2, 0) is 0 Å². The molecule has 0 amide bonds. The molecular weight excluding hydrogens is 374 g/mol. The maximum Gasteiger partial charge on any atom is 0.219 e. The lowest BCUT2D eigenvalue weighted by molar-refractivity contribution is -0.0253. The Hall–Kier alpha value is -3.41. The number of rotatable bonds is 3. The molecule has 0 saturated heterocycles. The number of nitrogens with zero attached hydrogens (tertiary/aromatic N) is 2. The monoisotopic (exact) mass is 392 g/mol. The van der Waals surface area contributed by atoms with Gasteiger partial charge in [-0.2, -0.15) is 5.10 Å². The van der Waals surface area contributed by atoms with Gasteiger partial charge in [-0.15, -0.1) is 0 Å². The van der Waals surface area contributed by atoms with Crippen molar-refractivity contribution in [2.45, 2.75) is 18.7 Å². The quantitative estimate of drug-likeness (QED) is 0.613. The average Bonchev–Trinajstić information content (AvgIpc) is 3.20. The smallest absolute Gasteiger partial charge is 0.219 e. The molecule has 2 heterocycles. The second-order valence-electron chi connectivity index (χ2n) is 7.00. The summed E-state index contributed by atoms with van der Waals surface area (Å²) in [4.78, 5) is 0. The summed E-state index contributed by atoms with van der Waals surface area (Å²) >= 11 is 0. The van der Waals surface area contributed by atoms with Crippen molar-refractivity contribution in [2.24, 2.45) is 5.10 Å². The highest BCUT2D eigenvalue weighted by molar-refractivity contribution is 6.01. The molecule has 6 heteroatoms. The van der Waals surface area contributed by atoms with Crippen molar-refractivity contribution >= 4 is 5.71 Å². The average molecular weight is 392 g/mol. The molecule has 4 nitrogen and oxygen atoms in total. The van der Waals surface area contributed by atoms with Crippen LogP contribution in [0.2, 0.25) is 0 Å². The maximum atomic E-state index is 14.6. The van der Waals surface area contributed by atoms with Crippen LogP contribution in [0.25, 0.3) is 0 Å². The Morgan fingerprint density at radius 2 is 1.69 bits per heavy atom. The number of ether oxygens (including phenoxy) is 2. The predicted octanol–water partition coefficient (Wildman–Crippen LogP) is 5.22. The molecule has 0 unspecified atom stereocenters. The number of para-hydroxylation sites is 1. The van der Waals surface area contributed by atoms with Gasteiger partial charge in [0.15, 0.2) is 11.5 Å². The van der Waals surface area contributed by atoms with E-state index in [1.807, 2.05) is 42.5 Å². The second kappa shape index (κ2) is 6.88. The third-order valence-corrected chi connectivity index (χ3v) is 5.35. The highest BCUT2D eigenvalue weighted by Gasteiger charge is 2.43. The number of hydrogen-bond donors (Lipinski definition) is 0. The molecule has 3 aromatic carbocycles. The van der Waals surface area contributed by atoms with Crippen molar-refractivity contribution < 1.29 is 18.3 Å². The summed E-state index contributed by atoms with van der Waals surface area (Å²) in [6.07, 6.45) is -0.439. The Balaban J connectivity index is 1.67. The topological polar surface area (TPSA) is 34.1 Å². The third kappa shape index (κ3) is 2.83. The Morgan fingerprint density at radius 3 is 2.41 bits per heavy atom. The molecular formula is C23H18F2N2O2. The number of fused-ring (bicyclic) bond motifs is 3. The van der Waals surface area contributed by atoms with E-state index in [1.54, 1.807) is 18.2 Å². The van der Waals surface area contributed by atoms with E-state index in [-0.39, 0.29) is 11.6 Å². The van der Waals surface area contributed by atoms with E-state index >= 15 is 0 Å². The van der Waals surface area contributed by atoms with E-state index in [4.69, 9.17) is 14.6 Å². The van der Waals surface area contributed by atoms with Crippen molar-refractivity contribution in [1.29, 1.82) is 0 Å². The SMILES string of the molecule is COc1cccc2c1O[C@H](c1c(F)cccc1F)N1N=C(c3ccccc3)C[C@H]21. The number of methoxy groups -OCH3 is 1. The normalized spacial score (nSPS) is 19.8. The molecule has 0 aliphatic carbocycles. The van der Waals surface area contributed by atoms with Crippen molar-refractivity contribution in [1.82, 2.24) is 5.01 Å². The molecule has 3 aromatic rings. The molecule has 0 N–H and O–H groups in total. The molecule has 0 spiro atoms. The van der Waals surface area contributed by atoms with Gasteiger partial charge in [-0.05, 0) is 23.8 Å². The van der Waals surface area contributed by atoms with Crippen LogP contribution in [-0.4, -0.2) is 17.8 Å². The Labute approximate surface area is 167 Å². The summed E-state index contributed by atoms with van der Waals surface area (Å²) in [7, 11) is 1.55. The highest BCUT2D eigenvalue weighted by Crippen LogP contribution is 2.51. The molecule has 2 aliphatic rings. The number of hydrogen-bond acceptors (Lipinski definition) is 4. The van der Waals surface area contributed by atoms with Crippen LogP contribution in [0.15, 0.2) is 71.8 Å². The van der Waals surface area contributed by atoms with Crippen LogP contribution in [0, 0.1) is 11.6 Å². The minimum absolute atomic E-state index is 0.160. The van der Waals surface area contributed by atoms with Gasteiger partial charge in [0.05, 0.1) is 24.4 Å². The highest BCUT2D eigenvalue weighted by atomic mass is 19.1. The largest absolute Gasteiger partial charge is 0.493 e. The Morgan fingerprint density at radius 1 is 0.966 bits per heavy atom. The molecule has 0 saturated carbocycles. The lowest BCUT2D eigenvalue weighted by atomic mass is 9.95. The molecule has 146 valence electrons.